The first-order chi connectivity index (χ1) is 23.2. The highest BCUT2D eigenvalue weighted by Crippen LogP contribution is 2.51. The second kappa shape index (κ2) is 12.1. The van der Waals surface area contributed by atoms with E-state index < -0.39 is 11.8 Å². The molecular weight excluding hydrogens is 660 g/mol. The summed E-state index contributed by atoms with van der Waals surface area (Å²) in [7, 11) is 3.05. The predicted octanol–water partition coefficient (Wildman–Crippen LogP) is 6.56. The summed E-state index contributed by atoms with van der Waals surface area (Å²) in [6.45, 7) is 3.05. The fourth-order valence-corrected chi connectivity index (χ4v) is 8.91. The Labute approximate surface area is 288 Å². The number of amides is 1. The van der Waals surface area contributed by atoms with E-state index in [2.05, 4.69) is 9.80 Å². The first-order valence-electron chi connectivity index (χ1n) is 16.3. The van der Waals surface area contributed by atoms with Crippen LogP contribution in [0.5, 0.6) is 5.75 Å². The molecule has 252 valence electrons. The number of nitrogens with zero attached hydrogens (tertiary/aromatic N) is 3. The van der Waals surface area contributed by atoms with Gasteiger partial charge in [-0.05, 0) is 49.9 Å². The van der Waals surface area contributed by atoms with E-state index in [-0.39, 0.29) is 52.4 Å². The molecule has 4 heterocycles. The third-order valence-electron chi connectivity index (χ3n) is 10.7. The van der Waals surface area contributed by atoms with Crippen molar-refractivity contribution in [2.45, 2.75) is 50.4 Å². The number of anilines is 2. The molecule has 0 aromatic heterocycles. The number of rotatable bonds is 6. The summed E-state index contributed by atoms with van der Waals surface area (Å²) in [6.07, 6.45) is 4.30. The van der Waals surface area contributed by atoms with Crippen LogP contribution in [-0.2, 0) is 20.8 Å². The third kappa shape index (κ3) is 5.19. The summed E-state index contributed by atoms with van der Waals surface area (Å²) in [4.78, 5) is 32.5. The Morgan fingerprint density at radius 2 is 1.69 bits per heavy atom. The van der Waals surface area contributed by atoms with Gasteiger partial charge in [0, 0.05) is 48.0 Å². The molecule has 1 aliphatic carbocycles. The average molecular weight is 697 g/mol. The number of esters is 1. The van der Waals surface area contributed by atoms with E-state index in [9.17, 15) is 9.59 Å². The largest absolute Gasteiger partial charge is 0.472 e. The summed E-state index contributed by atoms with van der Waals surface area (Å²) in [6, 6.07) is 12.2. The predicted molar refractivity (Wildman–Crippen MR) is 180 cm³/mol. The van der Waals surface area contributed by atoms with Crippen molar-refractivity contribution >= 4 is 46.5 Å². The monoisotopic (exact) mass is 695 g/mol. The topological polar surface area (TPSA) is 80.8 Å². The Balaban J connectivity index is 1.05. The maximum Gasteiger partial charge on any atom is 0.340 e. The lowest BCUT2D eigenvalue weighted by Crippen LogP contribution is -2.64. The summed E-state index contributed by atoms with van der Waals surface area (Å²) in [5.41, 5.74) is 3.74. The van der Waals surface area contributed by atoms with E-state index >= 15 is 4.39 Å². The lowest BCUT2D eigenvalue weighted by atomic mass is 9.61. The third-order valence-corrected chi connectivity index (χ3v) is 11.3. The Hall–Kier alpha value is -3.57. The molecule has 1 spiro atoms. The van der Waals surface area contributed by atoms with E-state index in [1.165, 1.54) is 18.1 Å². The van der Waals surface area contributed by atoms with Crippen LogP contribution in [0.3, 0.4) is 0 Å². The molecule has 12 heteroatoms. The maximum absolute atomic E-state index is 15.9. The van der Waals surface area contributed by atoms with Crippen LogP contribution in [0.4, 0.5) is 15.8 Å². The first-order valence-corrected chi connectivity index (χ1v) is 17.0. The molecule has 1 amide bonds. The van der Waals surface area contributed by atoms with Crippen LogP contribution >= 0.6 is 23.2 Å². The molecule has 48 heavy (non-hydrogen) atoms. The molecule has 0 radical (unpaired) electrons. The zero-order valence-electron chi connectivity index (χ0n) is 26.8. The molecule has 3 saturated heterocycles. The minimum absolute atomic E-state index is 0.0745. The van der Waals surface area contributed by atoms with Crippen molar-refractivity contribution in [2.24, 2.45) is 5.41 Å². The van der Waals surface area contributed by atoms with E-state index in [1.807, 2.05) is 12.1 Å². The SMILES string of the molecule is COC(=O)c1cc(F)c(-c2cccc3c2OCN(C(=O)c2c(Cl)cc(N4CC5(CC(OC)C5)C4)cc2Cl)C3)cc1N1C2CCC1COC2. The second-order valence-corrected chi connectivity index (χ2v) is 14.5. The van der Waals surface area contributed by atoms with Crippen LogP contribution in [0.1, 0.15) is 52.0 Å². The smallest absolute Gasteiger partial charge is 0.340 e. The molecule has 9 nitrogen and oxygen atoms in total. The van der Waals surface area contributed by atoms with Crippen molar-refractivity contribution in [1.29, 1.82) is 0 Å². The fourth-order valence-electron chi connectivity index (χ4n) is 8.27. The number of fused-ring (bicyclic) bond motifs is 3. The molecule has 8 rings (SSSR count). The van der Waals surface area contributed by atoms with E-state index in [0.29, 0.717) is 52.9 Å². The van der Waals surface area contributed by atoms with Gasteiger partial charge < -0.3 is 33.6 Å². The highest BCUT2D eigenvalue weighted by molar-refractivity contribution is 6.40. The van der Waals surface area contributed by atoms with Gasteiger partial charge in [0.2, 0.25) is 0 Å². The van der Waals surface area contributed by atoms with Gasteiger partial charge in [0.15, 0.2) is 6.73 Å². The number of carbonyl (C=O) groups is 2. The van der Waals surface area contributed by atoms with Crippen molar-refractivity contribution in [3.63, 3.8) is 0 Å². The minimum Gasteiger partial charge on any atom is -0.472 e. The van der Waals surface area contributed by atoms with Crippen LogP contribution < -0.4 is 14.5 Å². The lowest BCUT2D eigenvalue weighted by molar-refractivity contribution is -0.0731. The summed E-state index contributed by atoms with van der Waals surface area (Å²) >= 11 is 13.4. The molecule has 4 aliphatic heterocycles. The standard InChI is InChI=1S/C36H36Cl2FN3O6/c1-45-24-12-36(13-24)17-41(18-36)23-8-28(37)32(29(38)9-23)34(43)40-14-20-4-3-5-25(33(20)48-19-40)26-11-31(27(10-30(26)39)35(44)46-2)42-21-6-7-22(42)16-47-15-21/h3-5,8-11,21-22,24H,6-7,12-19H2,1-2H3. The number of hydrogen-bond acceptors (Lipinski definition) is 8. The summed E-state index contributed by atoms with van der Waals surface area (Å²) in [5.74, 6) is -1.04. The molecular formula is C36H36Cl2FN3O6. The van der Waals surface area contributed by atoms with Gasteiger partial charge in [-0.3, -0.25) is 4.79 Å². The molecule has 0 N–H and O–H groups in total. The quantitative estimate of drug-likeness (QED) is 0.268. The van der Waals surface area contributed by atoms with Crippen LogP contribution in [0, 0.1) is 11.2 Å². The van der Waals surface area contributed by atoms with E-state index in [1.54, 1.807) is 31.4 Å². The molecule has 2 atom stereocenters. The molecule has 4 fully saturated rings. The normalized spacial score (nSPS) is 22.6. The van der Waals surface area contributed by atoms with Gasteiger partial charge in [-0.25, -0.2) is 9.18 Å². The number of methoxy groups -OCH3 is 2. The zero-order chi connectivity index (χ0) is 33.3. The number of morpholine rings is 1. The lowest BCUT2D eigenvalue weighted by Gasteiger charge is -2.59. The average Bonchev–Trinajstić information content (AvgIpc) is 3.29. The Morgan fingerprint density at radius 3 is 2.35 bits per heavy atom. The molecule has 2 bridgehead atoms. The van der Waals surface area contributed by atoms with Gasteiger partial charge in [0.25, 0.3) is 5.91 Å². The first kappa shape index (κ1) is 31.7. The van der Waals surface area contributed by atoms with Crippen molar-refractivity contribution in [2.75, 3.05) is 57.1 Å². The number of halogens is 3. The molecule has 3 aromatic rings. The van der Waals surface area contributed by atoms with Crippen LogP contribution in [0.15, 0.2) is 42.5 Å². The van der Waals surface area contributed by atoms with Gasteiger partial charge in [0.05, 0.1) is 71.9 Å². The van der Waals surface area contributed by atoms with Gasteiger partial charge in [-0.15, -0.1) is 0 Å². The van der Waals surface area contributed by atoms with E-state index in [0.717, 1.165) is 44.5 Å². The van der Waals surface area contributed by atoms with Crippen LogP contribution in [-0.4, -0.2) is 82.2 Å². The van der Waals surface area contributed by atoms with Gasteiger partial charge in [-0.1, -0.05) is 41.4 Å². The summed E-state index contributed by atoms with van der Waals surface area (Å²) < 4.78 is 38.3. The van der Waals surface area contributed by atoms with Gasteiger partial charge in [-0.2, -0.15) is 0 Å². The highest BCUT2D eigenvalue weighted by atomic mass is 35.5. The van der Waals surface area contributed by atoms with Gasteiger partial charge in [0.1, 0.15) is 11.6 Å². The minimum atomic E-state index is -0.598. The van der Waals surface area contributed by atoms with E-state index in [4.69, 9.17) is 42.1 Å². The summed E-state index contributed by atoms with van der Waals surface area (Å²) in [5, 5.41) is 0.563. The van der Waals surface area contributed by atoms with Crippen LogP contribution in [0.2, 0.25) is 10.0 Å². The number of hydrogen-bond donors (Lipinski definition) is 0. The van der Waals surface area contributed by atoms with Crippen molar-refractivity contribution in [3.8, 4) is 16.9 Å². The van der Waals surface area contributed by atoms with Gasteiger partial charge >= 0.3 is 5.97 Å². The Kier molecular flexibility index (Phi) is 7.98. The molecule has 5 aliphatic rings. The zero-order valence-corrected chi connectivity index (χ0v) is 28.3. The molecule has 1 saturated carbocycles. The molecule has 2 unspecified atom stereocenters. The highest BCUT2D eigenvalue weighted by Gasteiger charge is 2.52. The second-order valence-electron chi connectivity index (χ2n) is 13.6. The van der Waals surface area contributed by atoms with Crippen molar-refractivity contribution in [1.82, 2.24) is 4.90 Å². The Morgan fingerprint density at radius 1 is 0.979 bits per heavy atom. The fraction of sp³-hybridized carbons (Fsp3) is 0.444. The Bertz CT molecular complexity index is 1770. The number of para-hydroxylation sites is 1. The molecule has 3 aromatic carbocycles. The van der Waals surface area contributed by atoms with Crippen molar-refractivity contribution < 1.29 is 32.9 Å². The van der Waals surface area contributed by atoms with Crippen molar-refractivity contribution in [3.05, 3.63) is 75.0 Å². The number of benzene rings is 3. The number of carbonyl (C=O) groups excluding carboxylic acids is 2. The van der Waals surface area contributed by atoms with Crippen LogP contribution in [0.25, 0.3) is 11.1 Å². The maximum atomic E-state index is 15.9. The number of ether oxygens (including phenoxy) is 4.